The normalized spacial score (nSPS) is 16.3. The van der Waals surface area contributed by atoms with Crippen LogP contribution in [0.4, 0.5) is 0 Å². The number of methoxy groups -OCH3 is 1. The van der Waals surface area contributed by atoms with Gasteiger partial charge in [0.15, 0.2) is 0 Å². The minimum Gasteiger partial charge on any atom is -0.497 e. The van der Waals surface area contributed by atoms with E-state index in [4.69, 9.17) is 4.74 Å². The minimum atomic E-state index is 0.542. The number of aromatic nitrogens is 1. The molecule has 1 atom stereocenters. The molecule has 1 aliphatic heterocycles. The standard InChI is InChI=1S/C26H28N2O/c1-29-26-12-10-21(11-13-26)23-15-17-28-25(19-23)9-5-8-24-18-22(14-16-27-24)20-6-3-2-4-7-20/h2-4,6-7,10-15,17,19,24,27H,5,8-9,16,18H2,1H3. The maximum Gasteiger partial charge on any atom is 0.118 e. The zero-order valence-corrected chi connectivity index (χ0v) is 17.0. The number of hydrogen-bond acceptors (Lipinski definition) is 3. The van der Waals surface area contributed by atoms with Gasteiger partial charge >= 0.3 is 0 Å². The van der Waals surface area contributed by atoms with Crippen molar-refractivity contribution >= 4 is 5.57 Å². The summed E-state index contributed by atoms with van der Waals surface area (Å²) in [6.07, 6.45) is 8.66. The first kappa shape index (κ1) is 19.4. The summed E-state index contributed by atoms with van der Waals surface area (Å²) in [5.41, 5.74) is 6.39. The lowest BCUT2D eigenvalue weighted by Gasteiger charge is -2.24. The van der Waals surface area contributed by atoms with Crippen molar-refractivity contribution < 1.29 is 4.74 Å². The molecule has 0 amide bonds. The van der Waals surface area contributed by atoms with Crippen molar-refractivity contribution in [3.8, 4) is 16.9 Å². The van der Waals surface area contributed by atoms with Crippen LogP contribution in [0.3, 0.4) is 0 Å². The van der Waals surface area contributed by atoms with Gasteiger partial charge < -0.3 is 10.1 Å². The molecule has 1 aliphatic rings. The lowest BCUT2D eigenvalue weighted by molar-refractivity contribution is 0.415. The summed E-state index contributed by atoms with van der Waals surface area (Å²) in [6, 6.07) is 23.8. The van der Waals surface area contributed by atoms with Gasteiger partial charge in [0, 0.05) is 24.5 Å². The maximum atomic E-state index is 5.25. The minimum absolute atomic E-state index is 0.542. The number of nitrogens with one attached hydrogen (secondary N) is 1. The van der Waals surface area contributed by atoms with Crippen molar-refractivity contribution in [1.29, 1.82) is 0 Å². The lowest BCUT2D eigenvalue weighted by Crippen LogP contribution is -2.32. The van der Waals surface area contributed by atoms with Crippen LogP contribution >= 0.6 is 0 Å². The van der Waals surface area contributed by atoms with Crippen LogP contribution in [-0.4, -0.2) is 24.7 Å². The summed E-state index contributed by atoms with van der Waals surface area (Å²) in [5, 5.41) is 3.64. The second-order valence-electron chi connectivity index (χ2n) is 7.56. The number of aryl methyl sites for hydroxylation is 1. The molecule has 3 aromatic rings. The number of rotatable bonds is 7. The summed E-state index contributed by atoms with van der Waals surface area (Å²) in [5.74, 6) is 0.881. The highest BCUT2D eigenvalue weighted by Crippen LogP contribution is 2.25. The van der Waals surface area contributed by atoms with E-state index in [0.717, 1.165) is 37.3 Å². The van der Waals surface area contributed by atoms with Crippen LogP contribution in [-0.2, 0) is 6.42 Å². The van der Waals surface area contributed by atoms with E-state index in [2.05, 4.69) is 71.0 Å². The molecule has 0 fully saturated rings. The molecule has 4 rings (SSSR count). The van der Waals surface area contributed by atoms with Crippen LogP contribution in [0.25, 0.3) is 16.7 Å². The van der Waals surface area contributed by atoms with Crippen molar-refractivity contribution in [2.75, 3.05) is 13.7 Å². The molecule has 29 heavy (non-hydrogen) atoms. The van der Waals surface area contributed by atoms with E-state index >= 15 is 0 Å². The predicted molar refractivity (Wildman–Crippen MR) is 120 cm³/mol. The van der Waals surface area contributed by atoms with Crippen LogP contribution in [0.5, 0.6) is 5.75 Å². The van der Waals surface area contributed by atoms with Crippen LogP contribution in [0.1, 0.15) is 30.5 Å². The highest BCUT2D eigenvalue weighted by atomic mass is 16.5. The third-order valence-electron chi connectivity index (χ3n) is 5.59. The zero-order valence-electron chi connectivity index (χ0n) is 17.0. The van der Waals surface area contributed by atoms with E-state index in [1.54, 1.807) is 7.11 Å². The Morgan fingerprint density at radius 1 is 0.966 bits per heavy atom. The number of pyridine rings is 1. The van der Waals surface area contributed by atoms with Gasteiger partial charge in [-0.3, -0.25) is 4.98 Å². The fourth-order valence-corrected chi connectivity index (χ4v) is 3.97. The fraction of sp³-hybridized carbons (Fsp3) is 0.269. The van der Waals surface area contributed by atoms with E-state index in [-0.39, 0.29) is 0 Å². The van der Waals surface area contributed by atoms with Crippen LogP contribution < -0.4 is 10.1 Å². The Labute approximate surface area is 173 Å². The van der Waals surface area contributed by atoms with Gasteiger partial charge in [-0.2, -0.15) is 0 Å². The monoisotopic (exact) mass is 384 g/mol. The van der Waals surface area contributed by atoms with Crippen LogP contribution in [0, 0.1) is 0 Å². The number of hydrogen-bond donors (Lipinski definition) is 1. The van der Waals surface area contributed by atoms with E-state index in [1.807, 2.05) is 18.3 Å². The molecular weight excluding hydrogens is 356 g/mol. The van der Waals surface area contributed by atoms with Gasteiger partial charge in [0.2, 0.25) is 0 Å². The van der Waals surface area contributed by atoms with Crippen LogP contribution in [0.15, 0.2) is 79.0 Å². The summed E-state index contributed by atoms with van der Waals surface area (Å²) in [6.45, 7) is 0.958. The highest BCUT2D eigenvalue weighted by Gasteiger charge is 2.15. The molecular formula is C26H28N2O. The van der Waals surface area contributed by atoms with E-state index in [0.29, 0.717) is 6.04 Å². The summed E-state index contributed by atoms with van der Waals surface area (Å²) < 4.78 is 5.25. The lowest BCUT2D eigenvalue weighted by atomic mass is 9.92. The number of benzene rings is 2. The largest absolute Gasteiger partial charge is 0.497 e. The molecule has 0 bridgehead atoms. The third-order valence-corrected chi connectivity index (χ3v) is 5.59. The first-order chi connectivity index (χ1) is 14.3. The van der Waals surface area contributed by atoms with E-state index < -0.39 is 0 Å². The van der Waals surface area contributed by atoms with Crippen molar-refractivity contribution in [2.24, 2.45) is 0 Å². The molecule has 1 N–H and O–H groups in total. The molecule has 2 heterocycles. The first-order valence-corrected chi connectivity index (χ1v) is 10.4. The SMILES string of the molecule is COc1ccc(-c2ccnc(CCCC3CC(c4ccccc4)=CCN3)c2)cc1. The van der Waals surface area contributed by atoms with Gasteiger partial charge in [-0.25, -0.2) is 0 Å². The zero-order chi connectivity index (χ0) is 19.9. The summed E-state index contributed by atoms with van der Waals surface area (Å²) in [7, 11) is 1.69. The third kappa shape index (κ3) is 5.12. The Kier molecular flexibility index (Phi) is 6.38. The summed E-state index contributed by atoms with van der Waals surface area (Å²) >= 11 is 0. The Hall–Kier alpha value is -2.91. The van der Waals surface area contributed by atoms with E-state index in [1.165, 1.54) is 28.7 Å². The van der Waals surface area contributed by atoms with Crippen molar-refractivity contribution in [2.45, 2.75) is 31.7 Å². The Balaban J connectivity index is 1.32. The molecule has 0 aliphatic carbocycles. The number of nitrogens with zero attached hydrogens (tertiary/aromatic N) is 1. The molecule has 1 unspecified atom stereocenters. The molecule has 0 radical (unpaired) electrons. The first-order valence-electron chi connectivity index (χ1n) is 10.4. The molecule has 148 valence electrons. The molecule has 3 heteroatoms. The average Bonchev–Trinajstić information content (AvgIpc) is 2.80. The second kappa shape index (κ2) is 9.53. The molecule has 3 nitrogen and oxygen atoms in total. The van der Waals surface area contributed by atoms with Crippen molar-refractivity contribution in [3.05, 3.63) is 90.3 Å². The molecule has 0 spiro atoms. The second-order valence-corrected chi connectivity index (χ2v) is 7.56. The number of ether oxygens (including phenoxy) is 1. The van der Waals surface area contributed by atoms with Gasteiger partial charge in [-0.1, -0.05) is 48.5 Å². The quantitative estimate of drug-likeness (QED) is 0.582. The maximum absolute atomic E-state index is 5.25. The topological polar surface area (TPSA) is 34.1 Å². The Morgan fingerprint density at radius 3 is 2.59 bits per heavy atom. The van der Waals surface area contributed by atoms with Gasteiger partial charge in [0.25, 0.3) is 0 Å². The van der Waals surface area contributed by atoms with Crippen molar-refractivity contribution in [3.63, 3.8) is 0 Å². The molecule has 2 aromatic carbocycles. The predicted octanol–water partition coefficient (Wildman–Crippen LogP) is 5.53. The molecule has 1 aromatic heterocycles. The molecule has 0 saturated carbocycles. The van der Waals surface area contributed by atoms with Gasteiger partial charge in [0.05, 0.1) is 7.11 Å². The fourth-order valence-electron chi connectivity index (χ4n) is 3.97. The van der Waals surface area contributed by atoms with Gasteiger partial charge in [-0.05, 0) is 72.2 Å². The van der Waals surface area contributed by atoms with Gasteiger partial charge in [-0.15, -0.1) is 0 Å². The average molecular weight is 385 g/mol. The Morgan fingerprint density at radius 2 is 1.79 bits per heavy atom. The Bertz CT molecular complexity index is 948. The van der Waals surface area contributed by atoms with Crippen molar-refractivity contribution in [1.82, 2.24) is 10.3 Å². The van der Waals surface area contributed by atoms with Gasteiger partial charge in [0.1, 0.15) is 5.75 Å². The van der Waals surface area contributed by atoms with E-state index in [9.17, 15) is 0 Å². The van der Waals surface area contributed by atoms with Crippen LogP contribution in [0.2, 0.25) is 0 Å². The summed E-state index contributed by atoms with van der Waals surface area (Å²) in [4.78, 5) is 4.59. The highest BCUT2D eigenvalue weighted by molar-refractivity contribution is 5.67. The molecule has 0 saturated heterocycles. The smallest absolute Gasteiger partial charge is 0.118 e.